The summed E-state index contributed by atoms with van der Waals surface area (Å²) in [6.07, 6.45) is 1.84. The highest BCUT2D eigenvalue weighted by molar-refractivity contribution is 6.37. The first kappa shape index (κ1) is 16.4. The molecule has 0 fully saturated rings. The van der Waals surface area contributed by atoms with Gasteiger partial charge in [0, 0.05) is 24.9 Å². The molecule has 0 aliphatic heterocycles. The lowest BCUT2D eigenvalue weighted by atomic mass is 10.3. The minimum absolute atomic E-state index is 0.145. The Bertz CT molecular complexity index is 856. The van der Waals surface area contributed by atoms with E-state index in [9.17, 15) is 4.79 Å². The smallest absolute Gasteiger partial charge is 0.308 e. The highest BCUT2D eigenvalue weighted by Crippen LogP contribution is 2.36. The quantitative estimate of drug-likeness (QED) is 0.533. The van der Waals surface area contributed by atoms with Crippen molar-refractivity contribution in [2.24, 2.45) is 0 Å². The number of rotatable bonds is 4. The van der Waals surface area contributed by atoms with Gasteiger partial charge in [-0.05, 0) is 24.3 Å². The van der Waals surface area contributed by atoms with Gasteiger partial charge in [-0.25, -0.2) is 4.68 Å². The van der Waals surface area contributed by atoms with Crippen LogP contribution in [0.1, 0.15) is 6.92 Å². The number of hydrogen-bond donors (Lipinski definition) is 1. The molecule has 24 heavy (non-hydrogen) atoms. The van der Waals surface area contributed by atoms with E-state index in [2.05, 4.69) is 10.4 Å². The zero-order valence-electron chi connectivity index (χ0n) is 12.7. The van der Waals surface area contributed by atoms with E-state index in [0.29, 0.717) is 11.5 Å². The highest BCUT2D eigenvalue weighted by atomic mass is 35.5. The highest BCUT2D eigenvalue weighted by Gasteiger charge is 2.12. The van der Waals surface area contributed by atoms with E-state index in [-0.39, 0.29) is 15.8 Å². The molecule has 0 saturated carbocycles. The monoisotopic (exact) mass is 361 g/mol. The molecule has 1 heterocycles. The second kappa shape index (κ2) is 6.95. The summed E-state index contributed by atoms with van der Waals surface area (Å²) >= 11 is 12.2. The number of halogens is 2. The molecule has 1 aromatic heterocycles. The first-order chi connectivity index (χ1) is 11.5. The van der Waals surface area contributed by atoms with Gasteiger partial charge in [0.15, 0.2) is 11.6 Å². The van der Waals surface area contributed by atoms with Crippen molar-refractivity contribution in [1.82, 2.24) is 9.78 Å². The Hall–Kier alpha value is -2.50. The number of carbonyl (C=O) groups excluding carboxylic acids is 1. The van der Waals surface area contributed by atoms with Gasteiger partial charge in [0.05, 0.1) is 15.7 Å². The topological polar surface area (TPSA) is 56.1 Å². The van der Waals surface area contributed by atoms with Gasteiger partial charge in [-0.3, -0.25) is 4.79 Å². The third kappa shape index (κ3) is 3.69. The molecule has 0 aliphatic rings. The molecule has 7 heteroatoms. The summed E-state index contributed by atoms with van der Waals surface area (Å²) in [7, 11) is 0. The second-order valence-corrected chi connectivity index (χ2v) is 5.78. The number of carbonyl (C=O) groups is 1. The molecule has 5 nitrogen and oxygen atoms in total. The minimum atomic E-state index is -0.485. The Kier molecular flexibility index (Phi) is 4.74. The fraction of sp³-hybridized carbons (Fsp3) is 0.0588. The molecule has 122 valence electrons. The van der Waals surface area contributed by atoms with E-state index in [1.54, 1.807) is 16.8 Å². The van der Waals surface area contributed by atoms with Crippen LogP contribution in [-0.2, 0) is 4.79 Å². The zero-order chi connectivity index (χ0) is 17.1. The van der Waals surface area contributed by atoms with E-state index >= 15 is 0 Å². The first-order valence-electron chi connectivity index (χ1n) is 7.08. The van der Waals surface area contributed by atoms with Crippen LogP contribution in [0.15, 0.2) is 54.7 Å². The molecular weight excluding hydrogens is 349 g/mol. The average molecular weight is 362 g/mol. The fourth-order valence-electron chi connectivity index (χ4n) is 2.14. The number of para-hydroxylation sites is 1. The van der Waals surface area contributed by atoms with Crippen molar-refractivity contribution < 1.29 is 9.53 Å². The predicted octanol–water partition coefficient (Wildman–Crippen LogP) is 4.85. The fourth-order valence-corrected chi connectivity index (χ4v) is 2.70. The Morgan fingerprint density at radius 3 is 2.42 bits per heavy atom. The lowest BCUT2D eigenvalue weighted by Crippen LogP contribution is -2.03. The third-order valence-corrected chi connectivity index (χ3v) is 3.69. The first-order valence-corrected chi connectivity index (χ1v) is 7.84. The van der Waals surface area contributed by atoms with Crippen LogP contribution in [0.5, 0.6) is 5.75 Å². The Morgan fingerprint density at radius 2 is 1.79 bits per heavy atom. The van der Waals surface area contributed by atoms with Gasteiger partial charge in [0.2, 0.25) is 0 Å². The summed E-state index contributed by atoms with van der Waals surface area (Å²) in [4.78, 5) is 11.1. The van der Waals surface area contributed by atoms with Crippen LogP contribution in [0.25, 0.3) is 5.69 Å². The molecule has 0 spiro atoms. The van der Waals surface area contributed by atoms with Crippen molar-refractivity contribution in [3.05, 3.63) is 64.8 Å². The summed E-state index contributed by atoms with van der Waals surface area (Å²) in [6, 6.07) is 14.8. The molecule has 0 amide bonds. The summed E-state index contributed by atoms with van der Waals surface area (Å²) in [5.74, 6) is 0.290. The van der Waals surface area contributed by atoms with E-state index in [1.165, 1.54) is 6.92 Å². The summed E-state index contributed by atoms with van der Waals surface area (Å²) < 4.78 is 6.74. The predicted molar refractivity (Wildman–Crippen MR) is 94.6 cm³/mol. The molecule has 3 aromatic rings. The normalized spacial score (nSPS) is 10.5. The zero-order valence-corrected chi connectivity index (χ0v) is 14.2. The maximum atomic E-state index is 11.1. The molecule has 3 rings (SSSR count). The largest absolute Gasteiger partial charge is 0.424 e. The number of nitrogens with one attached hydrogen (secondary N) is 1. The number of hydrogen-bond acceptors (Lipinski definition) is 4. The Labute approximate surface area is 148 Å². The Balaban J connectivity index is 1.82. The van der Waals surface area contributed by atoms with Crippen LogP contribution in [0.3, 0.4) is 0 Å². The number of anilines is 2. The molecule has 2 aromatic carbocycles. The maximum Gasteiger partial charge on any atom is 0.308 e. The average Bonchev–Trinajstić information content (AvgIpc) is 3.00. The molecule has 1 N–H and O–H groups in total. The molecular formula is C17H13Cl2N3O2. The summed E-state index contributed by atoms with van der Waals surface area (Å²) in [6.45, 7) is 1.29. The van der Waals surface area contributed by atoms with Crippen molar-refractivity contribution in [2.45, 2.75) is 6.92 Å². The van der Waals surface area contributed by atoms with Gasteiger partial charge in [0.25, 0.3) is 0 Å². The van der Waals surface area contributed by atoms with Gasteiger partial charge in [0.1, 0.15) is 0 Å². The van der Waals surface area contributed by atoms with Crippen LogP contribution < -0.4 is 10.1 Å². The molecule has 0 aliphatic carbocycles. The number of benzene rings is 2. The third-order valence-electron chi connectivity index (χ3n) is 3.13. The van der Waals surface area contributed by atoms with Gasteiger partial charge >= 0.3 is 5.97 Å². The van der Waals surface area contributed by atoms with Crippen LogP contribution >= 0.6 is 23.2 Å². The van der Waals surface area contributed by atoms with Crippen molar-refractivity contribution in [3.63, 3.8) is 0 Å². The lowest BCUT2D eigenvalue weighted by molar-refractivity contribution is -0.131. The van der Waals surface area contributed by atoms with Crippen molar-refractivity contribution >= 4 is 40.7 Å². The van der Waals surface area contributed by atoms with Crippen LogP contribution in [0.4, 0.5) is 11.5 Å². The number of esters is 1. The number of nitrogens with zero attached hydrogens (tertiary/aromatic N) is 2. The van der Waals surface area contributed by atoms with E-state index < -0.39 is 5.97 Å². The molecule has 0 atom stereocenters. The molecule has 0 radical (unpaired) electrons. The molecule has 0 unspecified atom stereocenters. The van der Waals surface area contributed by atoms with E-state index in [0.717, 1.165) is 5.69 Å². The Morgan fingerprint density at radius 1 is 1.12 bits per heavy atom. The molecule has 0 bridgehead atoms. The SMILES string of the molecule is CC(=O)Oc1c(Cl)cc(Nc2ccn(-c3ccccc3)n2)cc1Cl. The van der Waals surface area contributed by atoms with Gasteiger partial charge in [-0.2, -0.15) is 5.10 Å². The van der Waals surface area contributed by atoms with Crippen LogP contribution in [-0.4, -0.2) is 15.7 Å². The molecule has 0 saturated heterocycles. The standard InChI is InChI=1S/C17H13Cl2N3O2/c1-11(23)24-17-14(18)9-12(10-15(17)19)20-16-7-8-22(21-16)13-5-3-2-4-6-13/h2-10H,1H3,(H,20,21). The second-order valence-electron chi connectivity index (χ2n) is 4.97. The van der Waals surface area contributed by atoms with Crippen molar-refractivity contribution in [1.29, 1.82) is 0 Å². The van der Waals surface area contributed by atoms with Crippen molar-refractivity contribution in [3.8, 4) is 11.4 Å². The van der Waals surface area contributed by atoms with Crippen molar-refractivity contribution in [2.75, 3.05) is 5.32 Å². The van der Waals surface area contributed by atoms with Gasteiger partial charge < -0.3 is 10.1 Å². The number of ether oxygens (including phenoxy) is 1. The summed E-state index contributed by atoms with van der Waals surface area (Å²) in [5.41, 5.74) is 1.59. The van der Waals surface area contributed by atoms with Gasteiger partial charge in [-0.1, -0.05) is 41.4 Å². The van der Waals surface area contributed by atoms with Crippen LogP contribution in [0, 0.1) is 0 Å². The maximum absolute atomic E-state index is 11.1. The van der Waals surface area contributed by atoms with E-state index in [1.807, 2.05) is 42.6 Å². The van der Waals surface area contributed by atoms with Crippen LogP contribution in [0.2, 0.25) is 10.0 Å². The minimum Gasteiger partial charge on any atom is -0.424 e. The summed E-state index contributed by atoms with van der Waals surface area (Å²) in [5, 5.41) is 8.03. The number of aromatic nitrogens is 2. The lowest BCUT2D eigenvalue weighted by Gasteiger charge is -2.10. The van der Waals surface area contributed by atoms with E-state index in [4.69, 9.17) is 27.9 Å². The van der Waals surface area contributed by atoms with Gasteiger partial charge in [-0.15, -0.1) is 0 Å².